The normalized spacial score (nSPS) is 16.6. The molecule has 0 spiro atoms. The molecular weight excluding hydrogens is 507 g/mol. The Bertz CT molecular complexity index is 881. The van der Waals surface area contributed by atoms with Crippen LogP contribution < -0.4 is 5.32 Å². The minimum absolute atomic E-state index is 0. The topological polar surface area (TPSA) is 84.6 Å². The average molecular weight is 540 g/mol. The number of aryl methyl sites for hydroxylation is 2. The van der Waals surface area contributed by atoms with Crippen molar-refractivity contribution in [1.29, 1.82) is 0 Å². The molecule has 0 aliphatic carbocycles. The number of pyridine rings is 1. The van der Waals surface area contributed by atoms with Gasteiger partial charge in [0, 0.05) is 31.5 Å². The van der Waals surface area contributed by atoms with Gasteiger partial charge in [-0.1, -0.05) is 6.07 Å². The number of rotatable bonds is 6. The number of piperidine rings is 1. The first-order valence-electron chi connectivity index (χ1n) is 10.7. The van der Waals surface area contributed by atoms with E-state index >= 15 is 0 Å². The first-order valence-corrected chi connectivity index (χ1v) is 10.7. The van der Waals surface area contributed by atoms with Gasteiger partial charge in [0.05, 0.1) is 24.8 Å². The Balaban J connectivity index is 0.00000341. The fourth-order valence-corrected chi connectivity index (χ4v) is 3.71. The summed E-state index contributed by atoms with van der Waals surface area (Å²) in [6.45, 7) is 11.1. The third-order valence-corrected chi connectivity index (χ3v) is 5.12. The van der Waals surface area contributed by atoms with Gasteiger partial charge >= 0.3 is 5.97 Å². The Kier molecular flexibility index (Phi) is 9.73. The second-order valence-corrected chi connectivity index (χ2v) is 7.57. The van der Waals surface area contributed by atoms with E-state index in [-0.39, 0.29) is 35.9 Å². The van der Waals surface area contributed by atoms with Gasteiger partial charge in [0.15, 0.2) is 11.8 Å². The standard InChI is InChI=1S/C22H32N6O2.HI/c1-5-23-22(27-11-7-8-19(15-27)21(29)30-6-2)25-14-18-9-10-20(24-13-18)28-17(4)12-16(3)26-28;/h9-10,12-13,19H,5-8,11,14-15H2,1-4H3,(H,23,25);1H. The molecule has 2 aromatic heterocycles. The molecule has 1 saturated heterocycles. The SMILES string of the molecule is CCNC(=NCc1ccc(-n2nc(C)cc2C)nc1)N1CCCC(C(=O)OCC)C1.I. The van der Waals surface area contributed by atoms with E-state index in [9.17, 15) is 4.79 Å². The Hall–Kier alpha value is -2.17. The van der Waals surface area contributed by atoms with Crippen molar-refractivity contribution in [2.24, 2.45) is 10.9 Å². The number of halogens is 1. The zero-order chi connectivity index (χ0) is 21.5. The van der Waals surface area contributed by atoms with E-state index in [0.29, 0.717) is 19.7 Å². The molecule has 1 aliphatic rings. The first-order chi connectivity index (χ1) is 14.5. The highest BCUT2D eigenvalue weighted by molar-refractivity contribution is 14.0. The van der Waals surface area contributed by atoms with Gasteiger partial charge in [-0.2, -0.15) is 5.10 Å². The lowest BCUT2D eigenvalue weighted by atomic mass is 9.98. The van der Waals surface area contributed by atoms with Crippen LogP contribution in [0.4, 0.5) is 0 Å². The predicted octanol–water partition coefficient (Wildman–Crippen LogP) is 3.24. The van der Waals surface area contributed by atoms with Crippen molar-refractivity contribution in [2.75, 3.05) is 26.2 Å². The molecule has 1 atom stereocenters. The average Bonchev–Trinajstić information content (AvgIpc) is 3.09. The van der Waals surface area contributed by atoms with E-state index in [4.69, 9.17) is 9.73 Å². The van der Waals surface area contributed by atoms with E-state index in [2.05, 4.69) is 20.3 Å². The summed E-state index contributed by atoms with van der Waals surface area (Å²) in [4.78, 5) is 23.7. The number of aliphatic imine (C=N–C) groups is 1. The summed E-state index contributed by atoms with van der Waals surface area (Å²) in [5, 5.41) is 7.83. The number of hydrogen-bond acceptors (Lipinski definition) is 5. The Morgan fingerprint density at radius 2 is 2.13 bits per heavy atom. The van der Waals surface area contributed by atoms with Gasteiger partial charge in [0.2, 0.25) is 0 Å². The summed E-state index contributed by atoms with van der Waals surface area (Å²) >= 11 is 0. The number of guanidine groups is 1. The number of nitrogens with zero attached hydrogens (tertiary/aromatic N) is 5. The molecule has 1 aliphatic heterocycles. The van der Waals surface area contributed by atoms with Gasteiger partial charge in [0.1, 0.15) is 0 Å². The van der Waals surface area contributed by atoms with Gasteiger partial charge in [0.25, 0.3) is 0 Å². The molecule has 1 N–H and O–H groups in total. The minimum Gasteiger partial charge on any atom is -0.466 e. The van der Waals surface area contributed by atoms with Crippen LogP contribution in [0.15, 0.2) is 29.4 Å². The van der Waals surface area contributed by atoms with Crippen molar-refractivity contribution in [1.82, 2.24) is 25.0 Å². The summed E-state index contributed by atoms with van der Waals surface area (Å²) in [7, 11) is 0. The second kappa shape index (κ2) is 12.0. The molecule has 2 aromatic rings. The van der Waals surface area contributed by atoms with Gasteiger partial charge in [-0.05, 0) is 58.2 Å². The van der Waals surface area contributed by atoms with Crippen LogP contribution in [0.3, 0.4) is 0 Å². The van der Waals surface area contributed by atoms with Crippen molar-refractivity contribution in [3.05, 3.63) is 41.3 Å². The number of carbonyl (C=O) groups excluding carboxylic acids is 1. The third kappa shape index (κ3) is 6.65. The molecule has 31 heavy (non-hydrogen) atoms. The maximum absolute atomic E-state index is 12.2. The number of likely N-dealkylation sites (tertiary alicyclic amines) is 1. The monoisotopic (exact) mass is 540 g/mol. The molecular formula is C22H33IN6O2. The summed E-state index contributed by atoms with van der Waals surface area (Å²) in [5.41, 5.74) is 3.05. The number of aromatic nitrogens is 3. The maximum Gasteiger partial charge on any atom is 0.310 e. The fourth-order valence-electron chi connectivity index (χ4n) is 3.71. The zero-order valence-corrected chi connectivity index (χ0v) is 21.1. The molecule has 3 rings (SSSR count). The van der Waals surface area contributed by atoms with E-state index < -0.39 is 0 Å². The number of esters is 1. The Morgan fingerprint density at radius 3 is 2.74 bits per heavy atom. The Labute approximate surface area is 201 Å². The zero-order valence-electron chi connectivity index (χ0n) is 18.8. The van der Waals surface area contributed by atoms with Gasteiger partial charge in [-0.3, -0.25) is 4.79 Å². The lowest BCUT2D eigenvalue weighted by Crippen LogP contribution is -2.48. The maximum atomic E-state index is 12.2. The van der Waals surface area contributed by atoms with Crippen LogP contribution in [0.1, 0.15) is 43.6 Å². The van der Waals surface area contributed by atoms with E-state index in [1.54, 1.807) is 0 Å². The van der Waals surface area contributed by atoms with Gasteiger partial charge in [-0.25, -0.2) is 14.7 Å². The predicted molar refractivity (Wildman–Crippen MR) is 132 cm³/mol. The minimum atomic E-state index is -0.109. The molecule has 1 fully saturated rings. The number of ether oxygens (including phenoxy) is 1. The summed E-state index contributed by atoms with van der Waals surface area (Å²) in [6.07, 6.45) is 3.66. The molecule has 1 unspecified atom stereocenters. The number of hydrogen-bond donors (Lipinski definition) is 1. The molecule has 0 saturated carbocycles. The van der Waals surface area contributed by atoms with Crippen molar-refractivity contribution < 1.29 is 9.53 Å². The first kappa shape index (κ1) is 25.1. The molecule has 170 valence electrons. The Morgan fingerprint density at radius 1 is 1.32 bits per heavy atom. The van der Waals surface area contributed by atoms with Crippen LogP contribution >= 0.6 is 24.0 Å². The van der Waals surface area contributed by atoms with E-state index in [1.807, 2.05) is 56.8 Å². The lowest BCUT2D eigenvalue weighted by Gasteiger charge is -2.34. The van der Waals surface area contributed by atoms with Crippen molar-refractivity contribution in [2.45, 2.75) is 47.1 Å². The van der Waals surface area contributed by atoms with Crippen LogP contribution in [0.25, 0.3) is 5.82 Å². The highest BCUT2D eigenvalue weighted by atomic mass is 127. The largest absolute Gasteiger partial charge is 0.466 e. The summed E-state index contributed by atoms with van der Waals surface area (Å²) in [5.74, 6) is 1.42. The van der Waals surface area contributed by atoms with Crippen LogP contribution in [0.5, 0.6) is 0 Å². The van der Waals surface area contributed by atoms with Crippen LogP contribution in [-0.2, 0) is 16.1 Å². The second-order valence-electron chi connectivity index (χ2n) is 7.57. The highest BCUT2D eigenvalue weighted by Gasteiger charge is 2.28. The number of carbonyl (C=O) groups is 1. The van der Waals surface area contributed by atoms with Crippen LogP contribution in [0, 0.1) is 19.8 Å². The highest BCUT2D eigenvalue weighted by Crippen LogP contribution is 2.18. The van der Waals surface area contributed by atoms with Crippen LogP contribution in [0.2, 0.25) is 0 Å². The van der Waals surface area contributed by atoms with Crippen LogP contribution in [-0.4, -0.2) is 57.8 Å². The van der Waals surface area contributed by atoms with Crippen molar-refractivity contribution >= 4 is 35.9 Å². The molecule has 8 nitrogen and oxygen atoms in total. The molecule has 0 radical (unpaired) electrons. The molecule has 0 aromatic carbocycles. The van der Waals surface area contributed by atoms with E-state index in [1.165, 1.54) is 0 Å². The molecule has 0 bridgehead atoms. The van der Waals surface area contributed by atoms with Gasteiger partial charge in [-0.15, -0.1) is 24.0 Å². The quantitative estimate of drug-likeness (QED) is 0.262. The van der Waals surface area contributed by atoms with Crippen molar-refractivity contribution in [3.63, 3.8) is 0 Å². The smallest absolute Gasteiger partial charge is 0.310 e. The molecule has 0 amide bonds. The summed E-state index contributed by atoms with van der Waals surface area (Å²) < 4.78 is 7.06. The van der Waals surface area contributed by atoms with E-state index in [0.717, 1.165) is 54.7 Å². The third-order valence-electron chi connectivity index (χ3n) is 5.12. The molecule has 3 heterocycles. The van der Waals surface area contributed by atoms with Gasteiger partial charge < -0.3 is 15.0 Å². The lowest BCUT2D eigenvalue weighted by molar-refractivity contribution is -0.149. The summed E-state index contributed by atoms with van der Waals surface area (Å²) in [6, 6.07) is 6.03. The fraction of sp³-hybridized carbons (Fsp3) is 0.545. The molecule has 9 heteroatoms. The number of nitrogens with one attached hydrogen (secondary N) is 1. The van der Waals surface area contributed by atoms with Crippen molar-refractivity contribution in [3.8, 4) is 5.82 Å².